The van der Waals surface area contributed by atoms with Crippen molar-refractivity contribution in [1.82, 2.24) is 0 Å². The monoisotopic (exact) mass is 232 g/mol. The van der Waals surface area contributed by atoms with Gasteiger partial charge in [0, 0.05) is 6.61 Å². The first-order valence-electron chi connectivity index (χ1n) is 5.48. The van der Waals surface area contributed by atoms with Gasteiger partial charge < -0.3 is 14.9 Å². The Hall–Kier alpha value is -1.10. The summed E-state index contributed by atoms with van der Waals surface area (Å²) in [6.07, 6.45) is 0.981. The van der Waals surface area contributed by atoms with E-state index in [4.69, 9.17) is 14.9 Å². The summed E-state index contributed by atoms with van der Waals surface area (Å²) in [7, 11) is 0. The highest BCUT2D eigenvalue weighted by Gasteiger charge is 2.26. The third-order valence-electron chi connectivity index (χ3n) is 2.30. The van der Waals surface area contributed by atoms with Gasteiger partial charge in [0.1, 0.15) is 0 Å². The van der Waals surface area contributed by atoms with Gasteiger partial charge in [-0.05, 0) is 18.8 Å². The molecule has 16 heavy (non-hydrogen) atoms. The number of carboxylic acids is 1. The number of aliphatic carboxylic acids is 1. The van der Waals surface area contributed by atoms with E-state index in [2.05, 4.69) is 0 Å². The molecule has 0 saturated heterocycles. The fourth-order valence-electron chi connectivity index (χ4n) is 1.27. The van der Waals surface area contributed by atoms with Crippen LogP contribution in [-0.2, 0) is 14.3 Å². The minimum Gasteiger partial charge on any atom is -0.481 e. The molecule has 0 aliphatic heterocycles. The van der Waals surface area contributed by atoms with E-state index in [1.165, 1.54) is 0 Å². The number of hydrogen-bond donors (Lipinski definition) is 2. The van der Waals surface area contributed by atoms with Crippen LogP contribution in [0.3, 0.4) is 0 Å². The number of aliphatic hydroxyl groups is 1. The second-order valence-electron chi connectivity index (χ2n) is 4.05. The summed E-state index contributed by atoms with van der Waals surface area (Å²) in [5.74, 6) is -2.10. The van der Waals surface area contributed by atoms with Crippen molar-refractivity contribution in [3.63, 3.8) is 0 Å². The maximum Gasteiger partial charge on any atom is 0.309 e. The molecule has 0 amide bonds. The van der Waals surface area contributed by atoms with Gasteiger partial charge in [0.25, 0.3) is 0 Å². The van der Waals surface area contributed by atoms with Gasteiger partial charge in [0.15, 0.2) is 0 Å². The molecule has 5 nitrogen and oxygen atoms in total. The Morgan fingerprint density at radius 3 is 2.31 bits per heavy atom. The van der Waals surface area contributed by atoms with Crippen LogP contribution in [0.1, 0.15) is 33.1 Å². The smallest absolute Gasteiger partial charge is 0.309 e. The standard InChI is InChI=1S/C11H20O5/c1-8(2)9(7-10(13)14)11(15)16-6-4-3-5-12/h8-9,12H,3-7H2,1-2H3,(H,13,14). The van der Waals surface area contributed by atoms with Gasteiger partial charge in [-0.25, -0.2) is 0 Å². The second kappa shape index (κ2) is 8.10. The number of carbonyl (C=O) groups excluding carboxylic acids is 1. The quantitative estimate of drug-likeness (QED) is 0.482. The van der Waals surface area contributed by atoms with Crippen molar-refractivity contribution >= 4 is 11.9 Å². The van der Waals surface area contributed by atoms with Crippen LogP contribution in [0.5, 0.6) is 0 Å². The third kappa shape index (κ3) is 6.40. The van der Waals surface area contributed by atoms with Crippen molar-refractivity contribution in [2.24, 2.45) is 11.8 Å². The topological polar surface area (TPSA) is 83.8 Å². The van der Waals surface area contributed by atoms with Crippen LogP contribution < -0.4 is 0 Å². The lowest BCUT2D eigenvalue weighted by Crippen LogP contribution is -2.25. The molecule has 0 heterocycles. The normalized spacial score (nSPS) is 12.5. The zero-order chi connectivity index (χ0) is 12.6. The molecular weight excluding hydrogens is 212 g/mol. The van der Waals surface area contributed by atoms with E-state index in [0.717, 1.165) is 0 Å². The van der Waals surface area contributed by atoms with Crippen LogP contribution in [0, 0.1) is 11.8 Å². The third-order valence-corrected chi connectivity index (χ3v) is 2.30. The summed E-state index contributed by atoms with van der Waals surface area (Å²) in [6, 6.07) is 0. The Bertz CT molecular complexity index is 224. The Morgan fingerprint density at radius 2 is 1.88 bits per heavy atom. The first-order chi connectivity index (χ1) is 7.49. The van der Waals surface area contributed by atoms with E-state index < -0.39 is 17.9 Å². The molecule has 5 heteroatoms. The highest BCUT2D eigenvalue weighted by molar-refractivity contribution is 5.79. The number of ether oxygens (including phenoxy) is 1. The number of aliphatic hydroxyl groups excluding tert-OH is 1. The lowest BCUT2D eigenvalue weighted by Gasteiger charge is -2.17. The lowest BCUT2D eigenvalue weighted by atomic mass is 9.93. The van der Waals surface area contributed by atoms with Crippen LogP contribution in [0.25, 0.3) is 0 Å². The van der Waals surface area contributed by atoms with Crippen molar-refractivity contribution in [3.8, 4) is 0 Å². The Kier molecular flexibility index (Phi) is 7.54. The molecule has 0 aliphatic rings. The van der Waals surface area contributed by atoms with Crippen LogP contribution >= 0.6 is 0 Å². The van der Waals surface area contributed by atoms with E-state index in [1.807, 2.05) is 0 Å². The van der Waals surface area contributed by atoms with Crippen LogP contribution in [0.2, 0.25) is 0 Å². The molecule has 0 rings (SSSR count). The fraction of sp³-hybridized carbons (Fsp3) is 0.818. The average Bonchev–Trinajstić information content (AvgIpc) is 2.20. The highest BCUT2D eigenvalue weighted by atomic mass is 16.5. The molecule has 0 aromatic heterocycles. The number of unbranched alkanes of at least 4 members (excludes halogenated alkanes) is 1. The molecule has 2 N–H and O–H groups in total. The summed E-state index contributed by atoms with van der Waals surface area (Å²) in [6.45, 7) is 3.90. The van der Waals surface area contributed by atoms with E-state index >= 15 is 0 Å². The molecule has 0 saturated carbocycles. The van der Waals surface area contributed by atoms with Crippen LogP contribution in [0.15, 0.2) is 0 Å². The van der Waals surface area contributed by atoms with E-state index in [9.17, 15) is 9.59 Å². The van der Waals surface area contributed by atoms with Gasteiger partial charge in [-0.15, -0.1) is 0 Å². The van der Waals surface area contributed by atoms with Crippen molar-refractivity contribution in [2.75, 3.05) is 13.2 Å². The molecule has 0 aliphatic carbocycles. The number of rotatable bonds is 8. The molecule has 0 bridgehead atoms. The largest absolute Gasteiger partial charge is 0.481 e. The van der Waals surface area contributed by atoms with Crippen molar-refractivity contribution in [2.45, 2.75) is 33.1 Å². The minimum atomic E-state index is -0.994. The predicted octanol–water partition coefficient (Wildman–Crippen LogP) is 1.05. The van der Waals surface area contributed by atoms with Crippen molar-refractivity contribution in [1.29, 1.82) is 0 Å². The van der Waals surface area contributed by atoms with Gasteiger partial charge >= 0.3 is 11.9 Å². The first kappa shape index (κ1) is 14.9. The van der Waals surface area contributed by atoms with Crippen molar-refractivity contribution in [3.05, 3.63) is 0 Å². The van der Waals surface area contributed by atoms with Crippen LogP contribution in [0.4, 0.5) is 0 Å². The first-order valence-corrected chi connectivity index (χ1v) is 5.48. The number of esters is 1. The van der Waals surface area contributed by atoms with E-state index in [-0.39, 0.29) is 25.6 Å². The van der Waals surface area contributed by atoms with E-state index in [1.54, 1.807) is 13.8 Å². The number of carboxylic acid groups (broad SMARTS) is 1. The molecular formula is C11H20O5. The number of hydrogen-bond acceptors (Lipinski definition) is 4. The molecule has 0 spiro atoms. The van der Waals surface area contributed by atoms with Gasteiger partial charge in [-0.2, -0.15) is 0 Å². The maximum absolute atomic E-state index is 11.5. The maximum atomic E-state index is 11.5. The zero-order valence-corrected chi connectivity index (χ0v) is 9.81. The molecule has 0 aromatic carbocycles. The summed E-state index contributed by atoms with van der Waals surface area (Å²) < 4.78 is 4.96. The van der Waals surface area contributed by atoms with Crippen LogP contribution in [-0.4, -0.2) is 35.4 Å². The Morgan fingerprint density at radius 1 is 1.25 bits per heavy atom. The predicted molar refractivity (Wildman–Crippen MR) is 57.9 cm³/mol. The second-order valence-corrected chi connectivity index (χ2v) is 4.05. The molecule has 0 radical (unpaired) electrons. The summed E-state index contributed by atoms with van der Waals surface area (Å²) >= 11 is 0. The van der Waals surface area contributed by atoms with Crippen molar-refractivity contribution < 1.29 is 24.5 Å². The Balaban J connectivity index is 4.02. The minimum absolute atomic E-state index is 0.0542. The highest BCUT2D eigenvalue weighted by Crippen LogP contribution is 2.17. The molecule has 1 unspecified atom stereocenters. The summed E-state index contributed by atoms with van der Waals surface area (Å²) in [4.78, 5) is 22.1. The SMILES string of the molecule is CC(C)C(CC(=O)O)C(=O)OCCCCO. The number of carbonyl (C=O) groups is 2. The van der Waals surface area contributed by atoms with Gasteiger partial charge in [-0.3, -0.25) is 9.59 Å². The Labute approximate surface area is 95.4 Å². The lowest BCUT2D eigenvalue weighted by molar-refractivity contribution is -0.155. The molecule has 1 atom stereocenters. The van der Waals surface area contributed by atoms with E-state index in [0.29, 0.717) is 12.8 Å². The molecule has 0 fully saturated rings. The molecule has 0 aromatic rings. The van der Waals surface area contributed by atoms with Gasteiger partial charge in [0.2, 0.25) is 0 Å². The fourth-order valence-corrected chi connectivity index (χ4v) is 1.27. The molecule has 94 valence electrons. The summed E-state index contributed by atoms with van der Waals surface area (Å²) in [5, 5.41) is 17.2. The van der Waals surface area contributed by atoms with Gasteiger partial charge in [-0.1, -0.05) is 13.8 Å². The zero-order valence-electron chi connectivity index (χ0n) is 9.81. The average molecular weight is 232 g/mol. The van der Waals surface area contributed by atoms with Gasteiger partial charge in [0.05, 0.1) is 18.9 Å². The summed E-state index contributed by atoms with van der Waals surface area (Å²) in [5.41, 5.74) is 0.